The predicted molar refractivity (Wildman–Crippen MR) is 109 cm³/mol. The van der Waals surface area contributed by atoms with Crippen molar-refractivity contribution < 1.29 is 19.1 Å². The maximum absolute atomic E-state index is 10.6. The third-order valence-electron chi connectivity index (χ3n) is 5.43. The maximum atomic E-state index is 10.6. The van der Waals surface area contributed by atoms with E-state index in [9.17, 15) is 5.11 Å². The molecule has 0 aliphatic carbocycles. The molecular formula is C23H32NO3+. The van der Waals surface area contributed by atoms with Crippen LogP contribution in [0.4, 0.5) is 0 Å². The van der Waals surface area contributed by atoms with Gasteiger partial charge in [-0.15, -0.1) is 0 Å². The van der Waals surface area contributed by atoms with Crippen LogP contribution >= 0.6 is 0 Å². The van der Waals surface area contributed by atoms with E-state index in [1.807, 2.05) is 30.3 Å². The minimum Gasteiger partial charge on any atom is -0.491 e. The van der Waals surface area contributed by atoms with E-state index in [0.717, 1.165) is 35.4 Å². The van der Waals surface area contributed by atoms with Gasteiger partial charge in [-0.05, 0) is 44.0 Å². The molecule has 0 spiro atoms. The second-order valence-electron chi connectivity index (χ2n) is 7.82. The third-order valence-corrected chi connectivity index (χ3v) is 5.43. The minimum absolute atomic E-state index is 0.229. The first-order chi connectivity index (χ1) is 13.0. The Balaban J connectivity index is 1.55. The third kappa shape index (κ3) is 5.32. The summed E-state index contributed by atoms with van der Waals surface area (Å²) in [6, 6.07) is 18.3. The van der Waals surface area contributed by atoms with Crippen LogP contribution < -0.4 is 4.74 Å². The van der Waals surface area contributed by atoms with E-state index in [4.69, 9.17) is 9.47 Å². The smallest absolute Gasteiger partial charge is 0.137 e. The number of nitrogens with zero attached hydrogens (tertiary/aromatic N) is 1. The van der Waals surface area contributed by atoms with E-state index < -0.39 is 6.10 Å². The number of morpholine rings is 1. The SMILES string of the molecule is CC[N+]1(C[C@@H](O)COc2ccc(-c3ccccc3)cc2)C[C@@H](C)O[C@@H](C)C1. The molecule has 0 radical (unpaired) electrons. The van der Waals surface area contributed by atoms with Crippen molar-refractivity contribution in [3.05, 3.63) is 54.6 Å². The molecule has 2 aromatic carbocycles. The van der Waals surface area contributed by atoms with E-state index in [-0.39, 0.29) is 12.2 Å². The molecule has 0 amide bonds. The fourth-order valence-electron chi connectivity index (χ4n) is 4.25. The monoisotopic (exact) mass is 370 g/mol. The molecule has 4 nitrogen and oxygen atoms in total. The summed E-state index contributed by atoms with van der Waals surface area (Å²) in [5, 5.41) is 10.6. The Bertz CT molecular complexity index is 691. The summed E-state index contributed by atoms with van der Waals surface area (Å²) in [7, 11) is 0. The Morgan fingerprint density at radius 1 is 1.00 bits per heavy atom. The largest absolute Gasteiger partial charge is 0.491 e. The number of aliphatic hydroxyl groups excluding tert-OH is 1. The van der Waals surface area contributed by atoms with Crippen LogP contribution in [0, 0.1) is 0 Å². The Labute approximate surface area is 162 Å². The molecule has 0 bridgehead atoms. The molecule has 2 aromatic rings. The number of hydrogen-bond acceptors (Lipinski definition) is 3. The number of likely N-dealkylation sites (N-methyl/N-ethyl adjacent to an activating group) is 1. The molecule has 4 atom stereocenters. The minimum atomic E-state index is -0.490. The van der Waals surface area contributed by atoms with E-state index in [1.54, 1.807) is 0 Å². The van der Waals surface area contributed by atoms with Gasteiger partial charge in [0, 0.05) is 0 Å². The standard InChI is InChI=1S/C23H32NO3/c1-4-24(14-18(2)27-19(3)15-24)16-22(25)17-26-23-12-10-21(11-13-23)20-8-6-5-7-9-20/h5-13,18-19,22,25H,4,14-17H2,1-3H3/q+1/t18-,19+,22-,24?/m1/s1. The van der Waals surface area contributed by atoms with Gasteiger partial charge in [-0.2, -0.15) is 0 Å². The lowest BCUT2D eigenvalue weighted by Crippen LogP contribution is -2.62. The van der Waals surface area contributed by atoms with Crippen molar-refractivity contribution >= 4 is 0 Å². The maximum Gasteiger partial charge on any atom is 0.137 e. The molecule has 1 fully saturated rings. The first kappa shape index (κ1) is 19.9. The summed E-state index contributed by atoms with van der Waals surface area (Å²) < 4.78 is 12.6. The van der Waals surface area contributed by atoms with Crippen LogP contribution in [-0.2, 0) is 4.74 Å². The summed E-state index contributed by atoms with van der Waals surface area (Å²) in [6.07, 6.45) is -0.0315. The number of quaternary nitrogens is 1. The summed E-state index contributed by atoms with van der Waals surface area (Å²) >= 11 is 0. The Kier molecular flexibility index (Phi) is 6.53. The van der Waals surface area contributed by atoms with Crippen LogP contribution in [0.15, 0.2) is 54.6 Å². The van der Waals surface area contributed by atoms with Gasteiger partial charge < -0.3 is 19.1 Å². The number of ether oxygens (including phenoxy) is 2. The van der Waals surface area contributed by atoms with Crippen molar-refractivity contribution in [3.8, 4) is 16.9 Å². The number of benzene rings is 2. The van der Waals surface area contributed by atoms with Crippen molar-refractivity contribution in [1.29, 1.82) is 0 Å². The zero-order valence-electron chi connectivity index (χ0n) is 16.7. The van der Waals surface area contributed by atoms with E-state index in [0.29, 0.717) is 13.2 Å². The normalized spacial score (nSPS) is 26.5. The Morgan fingerprint density at radius 2 is 1.59 bits per heavy atom. The van der Waals surface area contributed by atoms with Crippen molar-refractivity contribution in [1.82, 2.24) is 0 Å². The van der Waals surface area contributed by atoms with Gasteiger partial charge in [-0.25, -0.2) is 0 Å². The first-order valence-electron chi connectivity index (χ1n) is 9.96. The molecular weight excluding hydrogens is 338 g/mol. The topological polar surface area (TPSA) is 38.7 Å². The van der Waals surface area contributed by atoms with Crippen molar-refractivity contribution in [2.24, 2.45) is 0 Å². The quantitative estimate of drug-likeness (QED) is 0.755. The molecule has 4 heteroatoms. The second kappa shape index (κ2) is 8.87. The molecule has 3 rings (SSSR count). The lowest BCUT2D eigenvalue weighted by Gasteiger charge is -2.46. The highest BCUT2D eigenvalue weighted by atomic mass is 16.5. The predicted octanol–water partition coefficient (Wildman–Crippen LogP) is 3.74. The van der Waals surface area contributed by atoms with Gasteiger partial charge in [-0.3, -0.25) is 0 Å². The highest BCUT2D eigenvalue weighted by Gasteiger charge is 2.37. The van der Waals surface area contributed by atoms with Crippen molar-refractivity contribution in [3.63, 3.8) is 0 Å². The van der Waals surface area contributed by atoms with Gasteiger partial charge in [0.2, 0.25) is 0 Å². The average Bonchev–Trinajstić information content (AvgIpc) is 2.66. The molecule has 1 N–H and O–H groups in total. The lowest BCUT2D eigenvalue weighted by atomic mass is 10.1. The molecule has 27 heavy (non-hydrogen) atoms. The molecule has 0 aromatic heterocycles. The first-order valence-corrected chi connectivity index (χ1v) is 9.96. The summed E-state index contributed by atoms with van der Waals surface area (Å²) in [6.45, 7) is 10.4. The fourth-order valence-corrected chi connectivity index (χ4v) is 4.25. The molecule has 1 aliphatic rings. The summed E-state index contributed by atoms with van der Waals surface area (Å²) in [5.41, 5.74) is 2.35. The Morgan fingerprint density at radius 3 is 2.19 bits per heavy atom. The van der Waals surface area contributed by atoms with Crippen LogP contribution in [0.5, 0.6) is 5.75 Å². The van der Waals surface area contributed by atoms with Gasteiger partial charge in [0.15, 0.2) is 0 Å². The van der Waals surface area contributed by atoms with Gasteiger partial charge in [0.25, 0.3) is 0 Å². The van der Waals surface area contributed by atoms with Crippen molar-refractivity contribution in [2.45, 2.75) is 39.1 Å². The molecule has 1 heterocycles. The highest BCUT2D eigenvalue weighted by Crippen LogP contribution is 2.23. The zero-order valence-corrected chi connectivity index (χ0v) is 16.7. The van der Waals surface area contributed by atoms with Gasteiger partial charge in [0.05, 0.1) is 6.54 Å². The molecule has 1 unspecified atom stereocenters. The lowest BCUT2D eigenvalue weighted by molar-refractivity contribution is -0.942. The van der Waals surface area contributed by atoms with Crippen LogP contribution in [0.1, 0.15) is 20.8 Å². The van der Waals surface area contributed by atoms with Gasteiger partial charge in [-0.1, -0.05) is 42.5 Å². The van der Waals surface area contributed by atoms with Gasteiger partial charge in [0.1, 0.15) is 50.3 Å². The van der Waals surface area contributed by atoms with Crippen LogP contribution in [0.2, 0.25) is 0 Å². The van der Waals surface area contributed by atoms with Crippen LogP contribution in [0.25, 0.3) is 11.1 Å². The van der Waals surface area contributed by atoms with E-state index in [1.165, 1.54) is 5.56 Å². The molecule has 1 aliphatic heterocycles. The highest BCUT2D eigenvalue weighted by molar-refractivity contribution is 5.63. The summed E-state index contributed by atoms with van der Waals surface area (Å²) in [4.78, 5) is 0. The van der Waals surface area contributed by atoms with Crippen LogP contribution in [0.3, 0.4) is 0 Å². The summed E-state index contributed by atoms with van der Waals surface area (Å²) in [5.74, 6) is 0.792. The van der Waals surface area contributed by atoms with E-state index >= 15 is 0 Å². The van der Waals surface area contributed by atoms with E-state index in [2.05, 4.69) is 45.0 Å². The van der Waals surface area contributed by atoms with Gasteiger partial charge >= 0.3 is 0 Å². The van der Waals surface area contributed by atoms with Crippen LogP contribution in [-0.4, -0.2) is 60.7 Å². The molecule has 0 saturated carbocycles. The molecule has 1 saturated heterocycles. The number of aliphatic hydroxyl groups is 1. The average molecular weight is 371 g/mol. The zero-order chi connectivity index (χ0) is 19.3. The number of hydrogen-bond donors (Lipinski definition) is 1. The Hall–Kier alpha value is -1.88. The second-order valence-corrected chi connectivity index (χ2v) is 7.82. The fraction of sp³-hybridized carbons (Fsp3) is 0.478. The number of rotatable bonds is 7. The molecule has 146 valence electrons. The van der Waals surface area contributed by atoms with Crippen molar-refractivity contribution in [2.75, 3.05) is 32.8 Å².